The highest BCUT2D eigenvalue weighted by Crippen LogP contribution is 2.34. The van der Waals surface area contributed by atoms with Crippen molar-refractivity contribution in [1.29, 1.82) is 0 Å². The average Bonchev–Trinajstić information content (AvgIpc) is 3.34. The lowest BCUT2D eigenvalue weighted by Gasteiger charge is -2.20. The van der Waals surface area contributed by atoms with Crippen LogP contribution in [0.3, 0.4) is 0 Å². The van der Waals surface area contributed by atoms with Gasteiger partial charge in [0.05, 0.1) is 11.6 Å². The van der Waals surface area contributed by atoms with Crippen LogP contribution in [0.1, 0.15) is 49.1 Å². The molecule has 1 saturated carbocycles. The van der Waals surface area contributed by atoms with E-state index in [1.165, 1.54) is 25.7 Å². The zero-order valence-electron chi connectivity index (χ0n) is 14.9. The van der Waals surface area contributed by atoms with Crippen LogP contribution < -0.4 is 4.90 Å². The summed E-state index contributed by atoms with van der Waals surface area (Å²) in [5.41, 5.74) is 0.897. The van der Waals surface area contributed by atoms with Gasteiger partial charge < -0.3 is 9.42 Å². The quantitative estimate of drug-likeness (QED) is 0.704. The van der Waals surface area contributed by atoms with Crippen LogP contribution >= 0.6 is 0 Å². The van der Waals surface area contributed by atoms with Crippen molar-refractivity contribution in [2.75, 3.05) is 18.5 Å². The lowest BCUT2D eigenvalue weighted by atomic mass is 10.1. The molecular weight excluding hydrogens is 318 g/mol. The number of aromatic nitrogens is 6. The minimum Gasteiger partial charge on any atom is -0.359 e. The van der Waals surface area contributed by atoms with Crippen LogP contribution in [0, 0.1) is 6.92 Å². The number of anilines is 1. The normalized spacial score (nSPS) is 15.3. The third-order valence-electron chi connectivity index (χ3n) is 4.91. The number of aryl methyl sites for hydroxylation is 2. The molecule has 1 aliphatic rings. The average molecular weight is 341 g/mol. The van der Waals surface area contributed by atoms with E-state index in [0.29, 0.717) is 18.2 Å². The maximum atomic E-state index is 5.04. The Hall–Kier alpha value is -2.51. The molecule has 0 saturated heterocycles. The number of hydrogen-bond donors (Lipinski definition) is 0. The zero-order chi connectivity index (χ0) is 17.4. The monoisotopic (exact) mass is 341 g/mol. The molecule has 1 aliphatic carbocycles. The third kappa shape index (κ3) is 3.08. The van der Waals surface area contributed by atoms with E-state index < -0.39 is 0 Å². The van der Waals surface area contributed by atoms with Gasteiger partial charge in [0.25, 0.3) is 0 Å². The first-order valence-corrected chi connectivity index (χ1v) is 8.82. The van der Waals surface area contributed by atoms with Gasteiger partial charge in [-0.2, -0.15) is 10.1 Å². The Morgan fingerprint density at radius 2 is 2.04 bits per heavy atom. The largest absolute Gasteiger partial charge is 0.359 e. The molecule has 0 radical (unpaired) electrons. The van der Waals surface area contributed by atoms with Gasteiger partial charge in [-0.25, -0.2) is 9.97 Å². The molecule has 3 aromatic rings. The van der Waals surface area contributed by atoms with Crippen molar-refractivity contribution >= 4 is 16.9 Å². The van der Waals surface area contributed by atoms with Crippen molar-refractivity contribution in [3.8, 4) is 0 Å². The smallest absolute Gasteiger partial charge is 0.223 e. The van der Waals surface area contributed by atoms with Crippen LogP contribution in [-0.4, -0.2) is 43.5 Å². The van der Waals surface area contributed by atoms with E-state index in [1.807, 2.05) is 25.0 Å². The molecule has 0 spiro atoms. The van der Waals surface area contributed by atoms with Gasteiger partial charge in [0.1, 0.15) is 11.6 Å². The topological polar surface area (TPSA) is 85.8 Å². The predicted octanol–water partition coefficient (Wildman–Crippen LogP) is 2.39. The molecule has 25 heavy (non-hydrogen) atoms. The summed E-state index contributed by atoms with van der Waals surface area (Å²) in [6.07, 6.45) is 7.43. The molecule has 0 amide bonds. The molecular formula is C17H23N7O. The molecule has 0 aromatic carbocycles. The molecule has 8 nitrogen and oxygen atoms in total. The highest BCUT2D eigenvalue weighted by atomic mass is 16.5. The Morgan fingerprint density at radius 3 is 2.76 bits per heavy atom. The van der Waals surface area contributed by atoms with Crippen molar-refractivity contribution in [2.24, 2.45) is 7.05 Å². The van der Waals surface area contributed by atoms with Gasteiger partial charge in [-0.3, -0.25) is 4.68 Å². The summed E-state index contributed by atoms with van der Waals surface area (Å²) in [4.78, 5) is 16.1. The maximum Gasteiger partial charge on any atom is 0.223 e. The molecule has 0 unspecified atom stereocenters. The summed E-state index contributed by atoms with van der Waals surface area (Å²) in [5, 5.41) is 9.32. The second-order valence-electron chi connectivity index (χ2n) is 6.79. The molecule has 3 heterocycles. The minimum atomic E-state index is 0.464. The van der Waals surface area contributed by atoms with Crippen LogP contribution in [0.25, 0.3) is 11.0 Å². The van der Waals surface area contributed by atoms with Gasteiger partial charge in [-0.15, -0.1) is 0 Å². The maximum absolute atomic E-state index is 5.04. The Morgan fingerprint density at radius 1 is 1.24 bits per heavy atom. The Bertz CT molecular complexity index is 878. The summed E-state index contributed by atoms with van der Waals surface area (Å²) < 4.78 is 6.87. The number of rotatable bonds is 5. The molecule has 4 rings (SSSR count). The minimum absolute atomic E-state index is 0.464. The van der Waals surface area contributed by atoms with Gasteiger partial charge in [0.2, 0.25) is 5.89 Å². The Labute approximate surface area is 146 Å². The van der Waals surface area contributed by atoms with Crippen molar-refractivity contribution in [2.45, 2.75) is 44.9 Å². The van der Waals surface area contributed by atoms with E-state index >= 15 is 0 Å². The van der Waals surface area contributed by atoms with Crippen molar-refractivity contribution in [1.82, 2.24) is 29.9 Å². The van der Waals surface area contributed by atoms with Gasteiger partial charge in [0, 0.05) is 39.9 Å². The van der Waals surface area contributed by atoms with Crippen LogP contribution in [0.5, 0.6) is 0 Å². The van der Waals surface area contributed by atoms with Gasteiger partial charge in [0.15, 0.2) is 11.5 Å². The van der Waals surface area contributed by atoms with Gasteiger partial charge in [-0.05, 0) is 12.8 Å². The summed E-state index contributed by atoms with van der Waals surface area (Å²) in [7, 11) is 3.97. The highest BCUT2D eigenvalue weighted by Gasteiger charge is 2.23. The Balaban J connectivity index is 1.64. The number of fused-ring (bicyclic) bond motifs is 1. The summed E-state index contributed by atoms with van der Waals surface area (Å²) >= 11 is 0. The van der Waals surface area contributed by atoms with Crippen LogP contribution in [0.4, 0.5) is 5.82 Å². The summed E-state index contributed by atoms with van der Waals surface area (Å²) in [6.45, 7) is 2.56. The highest BCUT2D eigenvalue weighted by molar-refractivity contribution is 5.86. The molecule has 3 aromatic heterocycles. The van der Waals surface area contributed by atoms with E-state index in [2.05, 4.69) is 20.1 Å². The van der Waals surface area contributed by atoms with E-state index in [-0.39, 0.29) is 0 Å². The zero-order valence-corrected chi connectivity index (χ0v) is 14.9. The SMILES string of the molecule is Cc1nc(CCN(C)c2nc(C3CCCC3)nc3c2cnn3C)no1. The van der Waals surface area contributed by atoms with E-state index in [9.17, 15) is 0 Å². The molecule has 132 valence electrons. The lowest BCUT2D eigenvalue weighted by Crippen LogP contribution is -2.23. The van der Waals surface area contributed by atoms with Crippen molar-refractivity contribution < 1.29 is 4.52 Å². The van der Waals surface area contributed by atoms with E-state index in [4.69, 9.17) is 14.5 Å². The first-order valence-electron chi connectivity index (χ1n) is 8.82. The fourth-order valence-electron chi connectivity index (χ4n) is 3.50. The molecule has 0 aliphatic heterocycles. The van der Waals surface area contributed by atoms with Crippen molar-refractivity contribution in [3.05, 3.63) is 23.7 Å². The first-order chi connectivity index (χ1) is 12.1. The molecule has 0 N–H and O–H groups in total. The Kier molecular flexibility index (Phi) is 4.10. The second kappa shape index (κ2) is 6.42. The molecule has 8 heteroatoms. The third-order valence-corrected chi connectivity index (χ3v) is 4.91. The van der Waals surface area contributed by atoms with Crippen LogP contribution in [0.15, 0.2) is 10.7 Å². The summed E-state index contributed by atoms with van der Waals surface area (Å²) in [5.74, 6) is 3.66. The lowest BCUT2D eigenvalue weighted by molar-refractivity contribution is 0.387. The summed E-state index contributed by atoms with van der Waals surface area (Å²) in [6, 6.07) is 0. The fraction of sp³-hybridized carbons (Fsp3) is 0.588. The second-order valence-corrected chi connectivity index (χ2v) is 6.79. The van der Waals surface area contributed by atoms with Gasteiger partial charge in [-0.1, -0.05) is 18.0 Å². The van der Waals surface area contributed by atoms with Crippen LogP contribution in [-0.2, 0) is 13.5 Å². The fourth-order valence-corrected chi connectivity index (χ4v) is 3.50. The number of nitrogens with zero attached hydrogens (tertiary/aromatic N) is 7. The number of hydrogen-bond acceptors (Lipinski definition) is 7. The van der Waals surface area contributed by atoms with Crippen LogP contribution in [0.2, 0.25) is 0 Å². The molecule has 1 fully saturated rings. The van der Waals surface area contributed by atoms with E-state index in [0.717, 1.165) is 35.0 Å². The standard InChI is InChI=1S/C17H23N7O/c1-11-19-14(22-25-11)8-9-23(2)16-13-10-18-24(3)17(13)21-15(20-16)12-6-4-5-7-12/h10,12H,4-9H2,1-3H3. The van der Waals surface area contributed by atoms with Crippen molar-refractivity contribution in [3.63, 3.8) is 0 Å². The molecule has 0 bridgehead atoms. The molecule has 0 atom stereocenters. The first kappa shape index (κ1) is 16.0. The predicted molar refractivity (Wildman–Crippen MR) is 93.5 cm³/mol. The number of likely N-dealkylation sites (N-methyl/N-ethyl adjacent to an activating group) is 1. The van der Waals surface area contributed by atoms with Gasteiger partial charge >= 0.3 is 0 Å². The van der Waals surface area contributed by atoms with E-state index in [1.54, 1.807) is 6.92 Å².